The maximum atomic E-state index is 12.6. The van der Waals surface area contributed by atoms with E-state index in [1.165, 1.54) is 12.8 Å². The summed E-state index contributed by atoms with van der Waals surface area (Å²) in [6.45, 7) is 0.829. The molecule has 5 heteroatoms. The number of carbonyl (C=O) groups is 1. The molecule has 1 aliphatic carbocycles. The molecule has 1 saturated heterocycles. The van der Waals surface area contributed by atoms with Crippen molar-refractivity contribution in [2.75, 3.05) is 11.4 Å². The molecule has 2 heterocycles. The molecular formula is C17H21N3O2. The second-order valence-electron chi connectivity index (χ2n) is 6.31. The molecule has 1 N–H and O–H groups in total. The molecule has 1 aromatic carbocycles. The Labute approximate surface area is 129 Å². The minimum absolute atomic E-state index is 0.131. The van der Waals surface area contributed by atoms with Gasteiger partial charge in [-0.15, -0.1) is 0 Å². The summed E-state index contributed by atoms with van der Waals surface area (Å²) in [7, 11) is 0. The largest absolute Gasteiger partial charge is 0.423 e. The number of hydrogen-bond donors (Lipinski definition) is 1. The molecule has 0 radical (unpaired) electrons. The minimum atomic E-state index is -0.145. The number of carbonyl (C=O) groups excluding carboxylic acids is 1. The molecule has 0 spiro atoms. The van der Waals surface area contributed by atoms with E-state index < -0.39 is 0 Å². The zero-order valence-corrected chi connectivity index (χ0v) is 12.6. The highest BCUT2D eigenvalue weighted by Gasteiger charge is 2.34. The number of hydrogen-bond acceptors (Lipinski definition) is 4. The lowest BCUT2D eigenvalue weighted by Gasteiger charge is -2.23. The first-order chi connectivity index (χ1) is 10.8. The highest BCUT2D eigenvalue weighted by atomic mass is 16.4. The van der Waals surface area contributed by atoms with Crippen LogP contribution in [-0.4, -0.2) is 29.5 Å². The molecule has 1 aromatic heterocycles. The molecule has 22 heavy (non-hydrogen) atoms. The van der Waals surface area contributed by atoms with Gasteiger partial charge in [0.25, 0.3) is 6.01 Å². The molecule has 5 nitrogen and oxygen atoms in total. The average Bonchev–Trinajstić information content (AvgIpc) is 3.26. The van der Waals surface area contributed by atoms with E-state index in [0.717, 1.165) is 43.3 Å². The topological polar surface area (TPSA) is 58.4 Å². The van der Waals surface area contributed by atoms with E-state index in [1.807, 2.05) is 29.2 Å². The Morgan fingerprint density at radius 1 is 1.18 bits per heavy atom. The van der Waals surface area contributed by atoms with Crippen LogP contribution in [-0.2, 0) is 4.79 Å². The zero-order chi connectivity index (χ0) is 14.9. The number of anilines is 1. The van der Waals surface area contributed by atoms with Crippen LogP contribution in [0.15, 0.2) is 28.7 Å². The molecule has 1 aliphatic heterocycles. The Morgan fingerprint density at radius 3 is 2.82 bits per heavy atom. The summed E-state index contributed by atoms with van der Waals surface area (Å²) >= 11 is 0. The number of nitrogens with one attached hydrogen (secondary N) is 1. The molecule has 2 aliphatic rings. The Bertz CT molecular complexity index is 642. The number of rotatable bonds is 3. The van der Waals surface area contributed by atoms with Crippen LogP contribution in [0.1, 0.15) is 38.5 Å². The maximum Gasteiger partial charge on any atom is 0.299 e. The summed E-state index contributed by atoms with van der Waals surface area (Å²) in [6.07, 6.45) is 6.55. The Balaban J connectivity index is 1.53. The van der Waals surface area contributed by atoms with Gasteiger partial charge in [0, 0.05) is 12.6 Å². The van der Waals surface area contributed by atoms with Crippen LogP contribution in [0.3, 0.4) is 0 Å². The van der Waals surface area contributed by atoms with Crippen LogP contribution in [0, 0.1) is 0 Å². The SMILES string of the molecule is O=C(NC1CCCC1)[C@H]1CCCN1c1nc2ccccc2o1. The van der Waals surface area contributed by atoms with Crippen LogP contribution in [0.5, 0.6) is 0 Å². The van der Waals surface area contributed by atoms with E-state index in [-0.39, 0.29) is 11.9 Å². The lowest BCUT2D eigenvalue weighted by Crippen LogP contribution is -2.46. The van der Waals surface area contributed by atoms with Gasteiger partial charge in [-0.2, -0.15) is 4.98 Å². The van der Waals surface area contributed by atoms with Gasteiger partial charge in [-0.3, -0.25) is 4.79 Å². The first kappa shape index (κ1) is 13.6. The Kier molecular flexibility index (Phi) is 3.48. The van der Waals surface area contributed by atoms with Gasteiger partial charge >= 0.3 is 0 Å². The van der Waals surface area contributed by atoms with E-state index in [2.05, 4.69) is 10.3 Å². The van der Waals surface area contributed by atoms with Gasteiger partial charge in [-0.1, -0.05) is 25.0 Å². The van der Waals surface area contributed by atoms with E-state index in [0.29, 0.717) is 12.1 Å². The van der Waals surface area contributed by atoms with Gasteiger partial charge in [0.15, 0.2) is 5.58 Å². The Morgan fingerprint density at radius 2 is 2.00 bits per heavy atom. The molecule has 2 aromatic rings. The summed E-state index contributed by atoms with van der Waals surface area (Å²) in [5.41, 5.74) is 1.62. The molecule has 0 unspecified atom stereocenters. The van der Waals surface area contributed by atoms with Gasteiger partial charge in [-0.25, -0.2) is 0 Å². The van der Waals surface area contributed by atoms with Crippen LogP contribution in [0.2, 0.25) is 0 Å². The van der Waals surface area contributed by atoms with Crippen molar-refractivity contribution in [1.82, 2.24) is 10.3 Å². The van der Waals surface area contributed by atoms with Gasteiger partial charge in [-0.05, 0) is 37.8 Å². The van der Waals surface area contributed by atoms with Crippen molar-refractivity contribution in [3.8, 4) is 0 Å². The smallest absolute Gasteiger partial charge is 0.299 e. The lowest BCUT2D eigenvalue weighted by atomic mass is 10.2. The number of aromatic nitrogens is 1. The summed E-state index contributed by atoms with van der Waals surface area (Å²) < 4.78 is 5.84. The lowest BCUT2D eigenvalue weighted by molar-refractivity contribution is -0.122. The number of oxazole rings is 1. The van der Waals surface area contributed by atoms with Crippen LogP contribution < -0.4 is 10.2 Å². The normalized spacial score (nSPS) is 22.5. The van der Waals surface area contributed by atoms with Gasteiger partial charge in [0.1, 0.15) is 11.6 Å². The fourth-order valence-corrected chi connectivity index (χ4v) is 3.62. The number of fused-ring (bicyclic) bond motifs is 1. The van der Waals surface area contributed by atoms with Crippen LogP contribution >= 0.6 is 0 Å². The van der Waals surface area contributed by atoms with Crippen molar-refractivity contribution in [3.63, 3.8) is 0 Å². The van der Waals surface area contributed by atoms with Crippen LogP contribution in [0.4, 0.5) is 6.01 Å². The predicted octanol–water partition coefficient (Wildman–Crippen LogP) is 2.86. The van der Waals surface area contributed by atoms with Crippen molar-refractivity contribution in [2.45, 2.75) is 50.6 Å². The second kappa shape index (κ2) is 5.63. The third kappa shape index (κ3) is 2.45. The minimum Gasteiger partial charge on any atom is -0.423 e. The molecule has 2 fully saturated rings. The van der Waals surface area contributed by atoms with E-state index in [4.69, 9.17) is 4.42 Å². The van der Waals surface area contributed by atoms with Crippen molar-refractivity contribution >= 4 is 23.0 Å². The summed E-state index contributed by atoms with van der Waals surface area (Å²) in [6, 6.07) is 8.52. The summed E-state index contributed by atoms with van der Waals surface area (Å²) in [5, 5.41) is 3.20. The van der Waals surface area contributed by atoms with Crippen molar-refractivity contribution < 1.29 is 9.21 Å². The molecule has 116 valence electrons. The summed E-state index contributed by atoms with van der Waals surface area (Å²) in [4.78, 5) is 19.1. The average molecular weight is 299 g/mol. The highest BCUT2D eigenvalue weighted by molar-refractivity contribution is 5.86. The number of benzene rings is 1. The van der Waals surface area contributed by atoms with E-state index >= 15 is 0 Å². The highest BCUT2D eigenvalue weighted by Crippen LogP contribution is 2.29. The molecule has 4 rings (SSSR count). The fourth-order valence-electron chi connectivity index (χ4n) is 3.62. The quantitative estimate of drug-likeness (QED) is 0.947. The van der Waals surface area contributed by atoms with Crippen LogP contribution in [0.25, 0.3) is 11.1 Å². The molecular weight excluding hydrogens is 278 g/mol. The van der Waals surface area contributed by atoms with Crippen molar-refractivity contribution in [1.29, 1.82) is 0 Å². The maximum absolute atomic E-state index is 12.6. The standard InChI is InChI=1S/C17H21N3O2/c21-16(18-12-6-1-2-7-12)14-9-5-11-20(14)17-19-13-8-3-4-10-15(13)22-17/h3-4,8,10,12,14H,1-2,5-7,9,11H2,(H,18,21)/t14-/m1/s1. The third-order valence-corrected chi connectivity index (χ3v) is 4.79. The van der Waals surface area contributed by atoms with Crippen molar-refractivity contribution in [2.24, 2.45) is 0 Å². The van der Waals surface area contributed by atoms with E-state index in [9.17, 15) is 4.79 Å². The Hall–Kier alpha value is -2.04. The number of amides is 1. The third-order valence-electron chi connectivity index (χ3n) is 4.79. The molecule has 1 amide bonds. The predicted molar refractivity (Wildman–Crippen MR) is 84.8 cm³/mol. The van der Waals surface area contributed by atoms with Crippen molar-refractivity contribution in [3.05, 3.63) is 24.3 Å². The number of nitrogens with zero attached hydrogens (tertiary/aromatic N) is 2. The summed E-state index contributed by atoms with van der Waals surface area (Å²) in [5.74, 6) is 0.131. The van der Waals surface area contributed by atoms with E-state index in [1.54, 1.807) is 0 Å². The van der Waals surface area contributed by atoms with Gasteiger partial charge in [0.2, 0.25) is 5.91 Å². The molecule has 1 saturated carbocycles. The zero-order valence-electron chi connectivity index (χ0n) is 12.6. The fraction of sp³-hybridized carbons (Fsp3) is 0.529. The monoisotopic (exact) mass is 299 g/mol. The molecule has 0 bridgehead atoms. The van der Waals surface area contributed by atoms with Gasteiger partial charge < -0.3 is 14.6 Å². The first-order valence-electron chi connectivity index (χ1n) is 8.24. The first-order valence-corrected chi connectivity index (χ1v) is 8.24. The second-order valence-corrected chi connectivity index (χ2v) is 6.31. The number of para-hydroxylation sites is 2. The van der Waals surface area contributed by atoms with Gasteiger partial charge in [0.05, 0.1) is 0 Å². The molecule has 1 atom stereocenters.